The maximum atomic E-state index is 6.72. The molecule has 0 radical (unpaired) electrons. The van der Waals surface area contributed by atoms with E-state index in [2.05, 4.69) is 106 Å². The van der Waals surface area contributed by atoms with Gasteiger partial charge in [-0.25, -0.2) is 0 Å². The molecule has 0 aliphatic rings. The van der Waals surface area contributed by atoms with Crippen LogP contribution in [0.15, 0.2) is 69.9 Å². The lowest BCUT2D eigenvalue weighted by Crippen LogP contribution is -2.46. The largest absolute Gasteiger partial charge is 0.501 e. The lowest BCUT2D eigenvalue weighted by Gasteiger charge is -2.29. The smallest absolute Gasteiger partial charge is 0.370 e. The molecule has 0 fully saturated rings. The van der Waals surface area contributed by atoms with Gasteiger partial charge in [-0.1, -0.05) is 135 Å². The van der Waals surface area contributed by atoms with Crippen molar-refractivity contribution in [2.24, 2.45) is 0 Å². The molecule has 266 valence electrons. The molecule has 0 aliphatic carbocycles. The summed E-state index contributed by atoms with van der Waals surface area (Å²) in [7, 11) is -2.90. The van der Waals surface area contributed by atoms with Gasteiger partial charge in [0.1, 0.15) is 0 Å². The van der Waals surface area contributed by atoms with Crippen LogP contribution >= 0.6 is 0 Å². The first-order chi connectivity index (χ1) is 22.0. The third kappa shape index (κ3) is 28.7. The number of hydrogen-bond donors (Lipinski definition) is 0. The second-order valence-corrected chi connectivity index (χ2v) is 16.9. The van der Waals surface area contributed by atoms with Gasteiger partial charge in [0.15, 0.2) is 0 Å². The summed E-state index contributed by atoms with van der Waals surface area (Å²) < 4.78 is 20.2. The van der Waals surface area contributed by atoms with Gasteiger partial charge in [-0.2, -0.15) is 0 Å². The summed E-state index contributed by atoms with van der Waals surface area (Å²) >= 11 is 0. The average molecular weight is 657 g/mol. The normalized spacial score (nSPS) is 12.8. The van der Waals surface area contributed by atoms with Crippen molar-refractivity contribution in [2.75, 3.05) is 19.8 Å². The third-order valence-corrected chi connectivity index (χ3v) is 11.1. The minimum atomic E-state index is -2.90. The summed E-state index contributed by atoms with van der Waals surface area (Å²) in [6.07, 6.45) is 33.2. The summed E-state index contributed by atoms with van der Waals surface area (Å²) in [5, 5.41) is 0. The Hall–Kier alpha value is -1.46. The quantitative estimate of drug-likeness (QED) is 0.0455. The topological polar surface area (TPSA) is 27.7 Å². The summed E-state index contributed by atoms with van der Waals surface area (Å²) in [6.45, 7) is 23.6. The molecule has 0 aromatic rings. The summed E-state index contributed by atoms with van der Waals surface area (Å²) in [5.74, 6) is 0. The van der Waals surface area contributed by atoms with Crippen LogP contribution in [-0.4, -0.2) is 28.6 Å². The van der Waals surface area contributed by atoms with Crippen LogP contribution in [-0.2, 0) is 13.3 Å². The van der Waals surface area contributed by atoms with E-state index in [4.69, 9.17) is 13.3 Å². The molecule has 4 heteroatoms. The van der Waals surface area contributed by atoms with Crippen molar-refractivity contribution >= 4 is 8.80 Å². The van der Waals surface area contributed by atoms with Crippen LogP contribution < -0.4 is 0 Å². The molecule has 0 aromatic heterocycles. The van der Waals surface area contributed by atoms with E-state index in [1.54, 1.807) is 0 Å². The monoisotopic (exact) mass is 657 g/mol. The average Bonchev–Trinajstić information content (AvgIpc) is 2.97. The van der Waals surface area contributed by atoms with Gasteiger partial charge in [-0.3, -0.25) is 0 Å². The third-order valence-electron chi connectivity index (χ3n) is 8.32. The van der Waals surface area contributed by atoms with E-state index in [1.807, 2.05) is 0 Å². The molecule has 0 unspecified atom stereocenters. The molecule has 0 spiro atoms. The predicted molar refractivity (Wildman–Crippen MR) is 208 cm³/mol. The van der Waals surface area contributed by atoms with Gasteiger partial charge in [0.05, 0.1) is 19.8 Å². The van der Waals surface area contributed by atoms with Crippen LogP contribution in [0.2, 0.25) is 6.04 Å². The minimum absolute atomic E-state index is 0.553. The molecule has 0 amide bonds. The Morgan fingerprint density at radius 1 is 0.413 bits per heavy atom. The van der Waals surface area contributed by atoms with Crippen LogP contribution in [0, 0.1) is 0 Å². The van der Waals surface area contributed by atoms with E-state index >= 15 is 0 Å². The van der Waals surface area contributed by atoms with Crippen LogP contribution in [0.5, 0.6) is 0 Å². The first-order valence-corrected chi connectivity index (χ1v) is 20.7. The van der Waals surface area contributed by atoms with Gasteiger partial charge in [0.2, 0.25) is 0 Å². The van der Waals surface area contributed by atoms with Crippen molar-refractivity contribution < 1.29 is 13.3 Å². The van der Waals surface area contributed by atoms with Crippen molar-refractivity contribution in [1.82, 2.24) is 0 Å². The second kappa shape index (κ2) is 29.7. The highest BCUT2D eigenvalue weighted by Gasteiger charge is 2.40. The Morgan fingerprint density at radius 3 is 1.02 bits per heavy atom. The molecular formula is C42H76O3Si. The summed E-state index contributed by atoms with van der Waals surface area (Å²) in [5.41, 5.74) is 8.23. The van der Waals surface area contributed by atoms with E-state index in [0.29, 0.717) is 19.8 Å². The first kappa shape index (κ1) is 44.5. The van der Waals surface area contributed by atoms with Crippen molar-refractivity contribution in [3.63, 3.8) is 0 Å². The molecule has 0 aliphatic heterocycles. The molecule has 0 atom stereocenters. The van der Waals surface area contributed by atoms with Gasteiger partial charge in [-0.05, 0) is 107 Å². The van der Waals surface area contributed by atoms with E-state index in [1.165, 1.54) is 91.2 Å². The zero-order valence-corrected chi connectivity index (χ0v) is 33.3. The van der Waals surface area contributed by atoms with E-state index < -0.39 is 8.80 Å². The lowest BCUT2D eigenvalue weighted by molar-refractivity contribution is 0.0847. The molecule has 46 heavy (non-hydrogen) atoms. The molecule has 0 N–H and O–H groups in total. The van der Waals surface area contributed by atoms with Crippen molar-refractivity contribution in [2.45, 2.75) is 178 Å². The van der Waals surface area contributed by atoms with E-state index in [-0.39, 0.29) is 0 Å². The highest BCUT2D eigenvalue weighted by molar-refractivity contribution is 6.60. The SMILES string of the molecule is CCCCCCCCCCCC[Si](OC/C=C(\C)CCC=C(C)C)(OC/C=C(\C)CCC=C(C)C)OC/C=C(\C)CCC=C(C)C. The van der Waals surface area contributed by atoms with Gasteiger partial charge in [-0.15, -0.1) is 0 Å². The highest BCUT2D eigenvalue weighted by atomic mass is 28.4. The maximum absolute atomic E-state index is 6.72. The fourth-order valence-corrected chi connectivity index (χ4v) is 7.55. The van der Waals surface area contributed by atoms with Crippen molar-refractivity contribution in [3.05, 3.63) is 69.9 Å². The van der Waals surface area contributed by atoms with Crippen molar-refractivity contribution in [3.8, 4) is 0 Å². The Kier molecular flexibility index (Phi) is 28.7. The number of rotatable bonds is 29. The van der Waals surface area contributed by atoms with Gasteiger partial charge >= 0.3 is 8.80 Å². The van der Waals surface area contributed by atoms with Crippen LogP contribution in [0.1, 0.15) is 172 Å². The molecule has 0 aromatic carbocycles. The Labute approximate surface area is 289 Å². The minimum Gasteiger partial charge on any atom is -0.370 e. The molecule has 0 rings (SSSR count). The second-order valence-electron chi connectivity index (χ2n) is 14.2. The number of allylic oxidation sites excluding steroid dienone is 9. The Balaban J connectivity index is 5.62. The van der Waals surface area contributed by atoms with E-state index in [9.17, 15) is 0 Å². The molecule has 3 nitrogen and oxygen atoms in total. The first-order valence-electron chi connectivity index (χ1n) is 18.8. The maximum Gasteiger partial charge on any atom is 0.501 e. The van der Waals surface area contributed by atoms with Gasteiger partial charge in [0, 0.05) is 6.04 Å². The standard InChI is InChI=1S/C42H76O3Si/c1-11-12-13-14-15-16-17-18-19-20-36-46(43-33-30-40(8)27-21-24-37(2)3,44-34-31-41(9)28-22-25-38(4)5)45-35-32-42(10)29-23-26-39(6)7/h24-26,30-32H,11-23,27-29,33-36H2,1-10H3/b40-30+,41-31+,42-32+. The number of unbranched alkanes of at least 4 members (excludes halogenated alkanes) is 9. The van der Waals surface area contributed by atoms with Crippen LogP contribution in [0.3, 0.4) is 0 Å². The molecule has 0 bridgehead atoms. The van der Waals surface area contributed by atoms with Crippen molar-refractivity contribution in [1.29, 1.82) is 0 Å². The van der Waals surface area contributed by atoms with Gasteiger partial charge in [0.25, 0.3) is 0 Å². The lowest BCUT2D eigenvalue weighted by atomic mass is 10.1. The predicted octanol–water partition coefficient (Wildman–Crippen LogP) is 14.0. The molecular weight excluding hydrogens is 581 g/mol. The van der Waals surface area contributed by atoms with E-state index in [0.717, 1.165) is 51.0 Å². The fourth-order valence-electron chi connectivity index (χ4n) is 5.17. The fraction of sp³-hybridized carbons (Fsp3) is 0.714. The molecule has 0 saturated heterocycles. The van der Waals surface area contributed by atoms with Crippen LogP contribution in [0.25, 0.3) is 0 Å². The Bertz CT molecular complexity index is 835. The zero-order chi connectivity index (χ0) is 34.5. The summed E-state index contributed by atoms with van der Waals surface area (Å²) in [6, 6.07) is 0.878. The number of hydrogen-bond acceptors (Lipinski definition) is 3. The zero-order valence-electron chi connectivity index (χ0n) is 32.3. The molecule has 0 saturated carbocycles. The summed E-state index contributed by atoms with van der Waals surface area (Å²) in [4.78, 5) is 0. The van der Waals surface area contributed by atoms with Crippen LogP contribution in [0.4, 0.5) is 0 Å². The Morgan fingerprint density at radius 2 is 0.717 bits per heavy atom. The van der Waals surface area contributed by atoms with Gasteiger partial charge < -0.3 is 13.3 Å². The molecule has 0 heterocycles. The highest BCUT2D eigenvalue weighted by Crippen LogP contribution is 2.23.